The lowest BCUT2D eigenvalue weighted by atomic mass is 9.97. The van der Waals surface area contributed by atoms with Gasteiger partial charge in [0.15, 0.2) is 0 Å². The van der Waals surface area contributed by atoms with Crippen molar-refractivity contribution in [3.05, 3.63) is 68.3 Å². The number of aryl methyl sites for hydroxylation is 1. The first-order valence-electron chi connectivity index (χ1n) is 10.4. The van der Waals surface area contributed by atoms with Crippen molar-refractivity contribution in [1.29, 1.82) is 0 Å². The highest BCUT2D eigenvalue weighted by Crippen LogP contribution is 2.31. The maximum atomic E-state index is 13.4. The third-order valence-electron chi connectivity index (χ3n) is 6.17. The molecule has 10 heteroatoms. The molecule has 0 spiro atoms. The molecule has 5 rings (SSSR count). The van der Waals surface area contributed by atoms with E-state index in [4.69, 9.17) is 32.8 Å². The van der Waals surface area contributed by atoms with Crippen LogP contribution in [0, 0.1) is 6.92 Å². The molecule has 0 unspecified atom stereocenters. The number of halogens is 2. The Kier molecular flexibility index (Phi) is 5.22. The van der Waals surface area contributed by atoms with Crippen LogP contribution in [-0.4, -0.2) is 49.1 Å². The normalized spacial score (nSPS) is 18.0. The van der Waals surface area contributed by atoms with Gasteiger partial charge in [0.05, 0.1) is 35.4 Å². The van der Waals surface area contributed by atoms with E-state index in [-0.39, 0.29) is 17.9 Å². The van der Waals surface area contributed by atoms with Crippen LogP contribution < -0.4 is 0 Å². The van der Waals surface area contributed by atoms with Gasteiger partial charge in [0.25, 0.3) is 11.8 Å². The Hall–Kier alpha value is -2.84. The molecular weight excluding hydrogens is 453 g/mol. The van der Waals surface area contributed by atoms with Crippen molar-refractivity contribution in [3.8, 4) is 0 Å². The van der Waals surface area contributed by atoms with E-state index < -0.39 is 0 Å². The van der Waals surface area contributed by atoms with Crippen LogP contribution in [0.4, 0.5) is 0 Å². The lowest BCUT2D eigenvalue weighted by molar-refractivity contribution is 0.0636. The number of hydrogen-bond donors (Lipinski definition) is 0. The molecule has 0 aliphatic carbocycles. The van der Waals surface area contributed by atoms with Gasteiger partial charge in [-0.2, -0.15) is 5.10 Å². The number of hydrogen-bond acceptors (Lipinski definition) is 5. The second-order valence-electron chi connectivity index (χ2n) is 8.28. The standard InChI is InChI=1S/C22H21Cl2N5O3/c1-12-11-32-26-19(12)10-27-5-6-29-20(22(27)31)15-9-28(13(2)7-18(15)25-29)21(30)14-3-4-16(23)17(24)8-14/h3-4,8,11,13H,5-7,9-10H2,1-2H3/t13-/m1/s1. The van der Waals surface area contributed by atoms with Gasteiger partial charge in [-0.15, -0.1) is 0 Å². The maximum absolute atomic E-state index is 13.4. The van der Waals surface area contributed by atoms with Gasteiger partial charge in [-0.1, -0.05) is 28.4 Å². The van der Waals surface area contributed by atoms with Crippen LogP contribution in [-0.2, 0) is 26.1 Å². The molecule has 166 valence electrons. The number of nitrogens with zero attached hydrogens (tertiary/aromatic N) is 5. The fourth-order valence-corrected chi connectivity index (χ4v) is 4.62. The van der Waals surface area contributed by atoms with Crippen molar-refractivity contribution in [3.63, 3.8) is 0 Å². The van der Waals surface area contributed by atoms with Crippen molar-refractivity contribution in [2.24, 2.45) is 0 Å². The van der Waals surface area contributed by atoms with Gasteiger partial charge >= 0.3 is 0 Å². The molecule has 0 bridgehead atoms. The van der Waals surface area contributed by atoms with E-state index in [9.17, 15) is 9.59 Å². The lowest BCUT2D eigenvalue weighted by Gasteiger charge is -2.34. The maximum Gasteiger partial charge on any atom is 0.272 e. The summed E-state index contributed by atoms with van der Waals surface area (Å²) in [5, 5.41) is 9.43. The molecule has 0 fully saturated rings. The molecule has 0 radical (unpaired) electrons. The minimum absolute atomic E-state index is 0.0645. The number of benzene rings is 1. The zero-order valence-corrected chi connectivity index (χ0v) is 19.2. The van der Waals surface area contributed by atoms with Gasteiger partial charge in [-0.05, 0) is 32.0 Å². The Balaban J connectivity index is 1.44. The van der Waals surface area contributed by atoms with E-state index in [1.54, 1.807) is 38.9 Å². The number of amides is 2. The molecule has 8 nitrogen and oxygen atoms in total. The zero-order valence-electron chi connectivity index (χ0n) is 17.6. The van der Waals surface area contributed by atoms with E-state index in [1.807, 2.05) is 13.8 Å². The molecule has 2 aliphatic rings. The minimum Gasteiger partial charge on any atom is -0.364 e. The zero-order chi connectivity index (χ0) is 22.6. The predicted molar refractivity (Wildman–Crippen MR) is 118 cm³/mol. The van der Waals surface area contributed by atoms with E-state index in [2.05, 4.69) is 5.16 Å². The fourth-order valence-electron chi connectivity index (χ4n) is 4.32. The summed E-state index contributed by atoms with van der Waals surface area (Å²) in [6.45, 7) is 5.72. The smallest absolute Gasteiger partial charge is 0.272 e. The van der Waals surface area contributed by atoms with Crippen LogP contribution in [0.5, 0.6) is 0 Å². The average Bonchev–Trinajstić information content (AvgIpc) is 3.33. The molecule has 1 aromatic carbocycles. The van der Waals surface area contributed by atoms with Crippen LogP contribution in [0.15, 0.2) is 29.0 Å². The van der Waals surface area contributed by atoms with Gasteiger partial charge in [0.1, 0.15) is 17.7 Å². The monoisotopic (exact) mass is 473 g/mol. The highest BCUT2D eigenvalue weighted by Gasteiger charge is 2.37. The van der Waals surface area contributed by atoms with E-state index >= 15 is 0 Å². The summed E-state index contributed by atoms with van der Waals surface area (Å²) in [5.74, 6) is -0.260. The first-order chi connectivity index (χ1) is 15.3. The van der Waals surface area contributed by atoms with Crippen LogP contribution in [0.2, 0.25) is 10.0 Å². The first kappa shape index (κ1) is 21.0. The fraction of sp³-hybridized carbons (Fsp3) is 0.364. The van der Waals surface area contributed by atoms with Gasteiger partial charge in [0.2, 0.25) is 0 Å². The number of rotatable bonds is 3. The Morgan fingerprint density at radius 1 is 1.25 bits per heavy atom. The molecule has 2 amide bonds. The van der Waals surface area contributed by atoms with Crippen LogP contribution in [0.25, 0.3) is 0 Å². The van der Waals surface area contributed by atoms with Crippen molar-refractivity contribution < 1.29 is 14.1 Å². The highest BCUT2D eigenvalue weighted by molar-refractivity contribution is 6.42. The Bertz CT molecular complexity index is 1230. The lowest BCUT2D eigenvalue weighted by Crippen LogP contribution is -2.44. The SMILES string of the molecule is Cc1conc1CN1CCn2nc3c(c2C1=O)CN(C(=O)c1ccc(Cl)c(Cl)c1)[C@H](C)C3. The van der Waals surface area contributed by atoms with E-state index in [0.29, 0.717) is 53.9 Å². The number of carbonyl (C=O) groups is 2. The molecule has 2 aliphatic heterocycles. The van der Waals surface area contributed by atoms with E-state index in [0.717, 1.165) is 22.5 Å². The molecule has 32 heavy (non-hydrogen) atoms. The number of fused-ring (bicyclic) bond motifs is 3. The molecule has 3 aromatic rings. The number of aromatic nitrogens is 3. The molecular formula is C22H21Cl2N5O3. The minimum atomic E-state index is -0.153. The first-order valence-corrected chi connectivity index (χ1v) is 11.1. The highest BCUT2D eigenvalue weighted by atomic mass is 35.5. The summed E-state index contributed by atoms with van der Waals surface area (Å²) in [6.07, 6.45) is 2.15. The molecule has 0 N–H and O–H groups in total. The van der Waals surface area contributed by atoms with Gasteiger partial charge in [-0.25, -0.2) is 0 Å². The van der Waals surface area contributed by atoms with Crippen molar-refractivity contribution in [2.75, 3.05) is 6.54 Å². The molecule has 2 aromatic heterocycles. The Morgan fingerprint density at radius 3 is 2.78 bits per heavy atom. The second-order valence-corrected chi connectivity index (χ2v) is 9.10. The predicted octanol–water partition coefficient (Wildman–Crippen LogP) is 3.73. The van der Waals surface area contributed by atoms with Crippen molar-refractivity contribution in [2.45, 2.75) is 45.9 Å². The van der Waals surface area contributed by atoms with Crippen LogP contribution >= 0.6 is 23.2 Å². The van der Waals surface area contributed by atoms with Crippen molar-refractivity contribution in [1.82, 2.24) is 24.7 Å². The molecule has 1 atom stereocenters. The third kappa shape index (κ3) is 3.47. The van der Waals surface area contributed by atoms with Gasteiger partial charge in [0, 0.05) is 35.7 Å². The quantitative estimate of drug-likeness (QED) is 0.578. The summed E-state index contributed by atoms with van der Waals surface area (Å²) in [5.41, 5.74) is 4.34. The average molecular weight is 474 g/mol. The number of carbonyl (C=O) groups excluding carboxylic acids is 2. The van der Waals surface area contributed by atoms with Crippen LogP contribution in [0.3, 0.4) is 0 Å². The summed E-state index contributed by atoms with van der Waals surface area (Å²) in [4.78, 5) is 30.1. The molecule has 4 heterocycles. The van der Waals surface area contributed by atoms with Gasteiger partial charge < -0.3 is 14.3 Å². The van der Waals surface area contributed by atoms with Crippen LogP contribution in [0.1, 0.15) is 50.3 Å². The molecule has 0 saturated heterocycles. The summed E-state index contributed by atoms with van der Waals surface area (Å²) in [6, 6.07) is 4.80. The van der Waals surface area contributed by atoms with Gasteiger partial charge in [-0.3, -0.25) is 14.3 Å². The Labute approximate surface area is 194 Å². The Morgan fingerprint density at radius 2 is 2.06 bits per heavy atom. The molecule has 0 saturated carbocycles. The largest absolute Gasteiger partial charge is 0.364 e. The summed E-state index contributed by atoms with van der Waals surface area (Å²) >= 11 is 12.1. The summed E-state index contributed by atoms with van der Waals surface area (Å²) < 4.78 is 6.79. The van der Waals surface area contributed by atoms with E-state index in [1.165, 1.54) is 0 Å². The summed E-state index contributed by atoms with van der Waals surface area (Å²) in [7, 11) is 0. The topological polar surface area (TPSA) is 84.5 Å². The van der Waals surface area contributed by atoms with Crippen molar-refractivity contribution >= 4 is 35.0 Å². The second kappa shape index (κ2) is 7.94. The third-order valence-corrected chi connectivity index (χ3v) is 6.91.